The van der Waals surface area contributed by atoms with E-state index in [1.807, 2.05) is 4.90 Å². The first-order chi connectivity index (χ1) is 15.1. The van der Waals surface area contributed by atoms with Gasteiger partial charge < -0.3 is 9.42 Å². The highest BCUT2D eigenvalue weighted by Gasteiger charge is 2.31. The molecule has 1 fully saturated rings. The number of aryl methyl sites for hydroxylation is 1. The fourth-order valence-electron chi connectivity index (χ4n) is 4.55. The second-order valence-electron chi connectivity index (χ2n) is 8.97. The third kappa shape index (κ3) is 4.49. The minimum absolute atomic E-state index is 0.150. The van der Waals surface area contributed by atoms with Gasteiger partial charge >= 0.3 is 6.18 Å². The number of hydrogen-bond donors (Lipinski definition) is 0. The van der Waals surface area contributed by atoms with Gasteiger partial charge in [0.2, 0.25) is 0 Å². The number of benzene rings is 1. The maximum atomic E-state index is 13.6. The molecule has 170 valence electrons. The molecule has 3 aromatic rings. The molecule has 3 heterocycles. The third-order valence-electron chi connectivity index (χ3n) is 5.94. The van der Waals surface area contributed by atoms with Crippen molar-refractivity contribution in [2.45, 2.75) is 46.2 Å². The van der Waals surface area contributed by atoms with Crippen molar-refractivity contribution >= 4 is 17.0 Å². The minimum Gasteiger partial charge on any atom is -0.338 e. The van der Waals surface area contributed by atoms with Gasteiger partial charge in [0.1, 0.15) is 0 Å². The molecule has 32 heavy (non-hydrogen) atoms. The first-order valence-corrected chi connectivity index (χ1v) is 10.9. The van der Waals surface area contributed by atoms with Gasteiger partial charge in [0.15, 0.2) is 0 Å². The molecule has 0 N–H and O–H groups in total. The van der Waals surface area contributed by atoms with Crippen molar-refractivity contribution in [1.29, 1.82) is 0 Å². The number of pyridine rings is 1. The third-order valence-corrected chi connectivity index (χ3v) is 5.94. The molecular formula is C24H26F3N3O2. The first-order valence-electron chi connectivity index (χ1n) is 10.9. The van der Waals surface area contributed by atoms with E-state index in [1.165, 1.54) is 6.07 Å². The highest BCUT2D eigenvalue weighted by atomic mass is 19.4. The Labute approximate surface area is 184 Å². The van der Waals surface area contributed by atoms with Crippen LogP contribution in [0.4, 0.5) is 13.2 Å². The molecular weight excluding hydrogens is 419 g/mol. The number of halogens is 3. The second kappa shape index (κ2) is 8.56. The molecule has 1 amide bonds. The van der Waals surface area contributed by atoms with Crippen LogP contribution in [-0.2, 0) is 6.18 Å². The molecule has 0 bridgehead atoms. The summed E-state index contributed by atoms with van der Waals surface area (Å²) in [6.07, 6.45) is -1.39. The highest BCUT2D eigenvalue weighted by Crippen LogP contribution is 2.34. The Hall–Kier alpha value is -2.90. The zero-order chi connectivity index (χ0) is 23.0. The maximum Gasteiger partial charge on any atom is 0.416 e. The number of carbonyl (C=O) groups excluding carboxylic acids is 1. The van der Waals surface area contributed by atoms with E-state index in [0.29, 0.717) is 41.6 Å². The Morgan fingerprint density at radius 1 is 1.28 bits per heavy atom. The van der Waals surface area contributed by atoms with Crippen molar-refractivity contribution in [3.63, 3.8) is 0 Å². The monoisotopic (exact) mass is 445 g/mol. The van der Waals surface area contributed by atoms with E-state index in [2.05, 4.69) is 24.0 Å². The number of alkyl halides is 3. The van der Waals surface area contributed by atoms with Gasteiger partial charge in [0, 0.05) is 18.7 Å². The van der Waals surface area contributed by atoms with E-state index < -0.39 is 11.7 Å². The Morgan fingerprint density at radius 2 is 2.06 bits per heavy atom. The number of hydrogen-bond acceptors (Lipinski definition) is 4. The summed E-state index contributed by atoms with van der Waals surface area (Å²) < 4.78 is 44.9. The quantitative estimate of drug-likeness (QED) is 0.486. The standard InChI is InChI=1S/C24H26F3N3O2/c1-14(2)10-16-6-5-9-30(13-16)23(31)19-12-20(28-22-21(19)15(3)29-32-22)17-7-4-8-18(11-17)24(25,26)27/h4,7-8,11-12,14,16H,5-6,9-10,13H2,1-3H3. The SMILES string of the molecule is Cc1noc2nc(-c3cccc(C(F)(F)F)c3)cc(C(=O)N3CCCC(CC(C)C)C3)c12. The maximum absolute atomic E-state index is 13.6. The zero-order valence-corrected chi connectivity index (χ0v) is 18.4. The molecule has 0 radical (unpaired) electrons. The number of rotatable bonds is 4. The second-order valence-corrected chi connectivity index (χ2v) is 8.97. The number of amides is 1. The van der Waals surface area contributed by atoms with Crippen LogP contribution in [0.15, 0.2) is 34.9 Å². The van der Waals surface area contributed by atoms with Crippen LogP contribution in [0.2, 0.25) is 0 Å². The van der Waals surface area contributed by atoms with Gasteiger partial charge in [0.05, 0.1) is 27.9 Å². The molecule has 1 aliphatic rings. The molecule has 0 aliphatic carbocycles. The van der Waals surface area contributed by atoms with E-state index in [0.717, 1.165) is 31.4 Å². The van der Waals surface area contributed by atoms with Crippen LogP contribution in [0.5, 0.6) is 0 Å². The Kier molecular flexibility index (Phi) is 5.97. The summed E-state index contributed by atoms with van der Waals surface area (Å²) in [5, 5.41) is 4.45. The van der Waals surface area contributed by atoms with Crippen molar-refractivity contribution in [3.8, 4) is 11.3 Å². The van der Waals surface area contributed by atoms with Crippen LogP contribution >= 0.6 is 0 Å². The molecule has 1 saturated heterocycles. The molecule has 8 heteroatoms. The summed E-state index contributed by atoms with van der Waals surface area (Å²) in [5.74, 6) is 0.831. The number of aromatic nitrogens is 2. The van der Waals surface area contributed by atoms with Crippen LogP contribution in [0.1, 0.15) is 54.7 Å². The average molecular weight is 445 g/mol. The van der Waals surface area contributed by atoms with Crippen molar-refractivity contribution in [2.75, 3.05) is 13.1 Å². The zero-order valence-electron chi connectivity index (χ0n) is 18.4. The molecule has 4 rings (SSSR count). The van der Waals surface area contributed by atoms with Crippen molar-refractivity contribution in [3.05, 3.63) is 47.2 Å². The molecule has 1 aromatic carbocycles. The predicted octanol–water partition coefficient (Wildman–Crippen LogP) is 6.12. The predicted molar refractivity (Wildman–Crippen MR) is 115 cm³/mol. The number of likely N-dealkylation sites (tertiary alicyclic amines) is 1. The fourth-order valence-corrected chi connectivity index (χ4v) is 4.55. The van der Waals surface area contributed by atoms with Gasteiger partial charge in [-0.05, 0) is 56.2 Å². The van der Waals surface area contributed by atoms with Crippen LogP contribution in [-0.4, -0.2) is 34.0 Å². The lowest BCUT2D eigenvalue weighted by Crippen LogP contribution is -2.40. The largest absolute Gasteiger partial charge is 0.416 e. The van der Waals surface area contributed by atoms with Crippen LogP contribution in [0, 0.1) is 18.8 Å². The Bertz CT molecular complexity index is 1140. The van der Waals surface area contributed by atoms with Crippen molar-refractivity contribution in [2.24, 2.45) is 11.8 Å². The normalized spacial score (nSPS) is 17.3. The van der Waals surface area contributed by atoms with Gasteiger partial charge in [-0.15, -0.1) is 0 Å². The smallest absolute Gasteiger partial charge is 0.338 e. The lowest BCUT2D eigenvalue weighted by Gasteiger charge is -2.33. The van der Waals surface area contributed by atoms with Crippen LogP contribution in [0.25, 0.3) is 22.4 Å². The van der Waals surface area contributed by atoms with E-state index in [1.54, 1.807) is 19.1 Å². The van der Waals surface area contributed by atoms with Crippen molar-refractivity contribution in [1.82, 2.24) is 15.0 Å². The average Bonchev–Trinajstić information content (AvgIpc) is 3.12. The fraction of sp³-hybridized carbons (Fsp3) is 0.458. The van der Waals surface area contributed by atoms with E-state index >= 15 is 0 Å². The minimum atomic E-state index is -4.47. The van der Waals surface area contributed by atoms with Crippen LogP contribution in [0.3, 0.4) is 0 Å². The molecule has 1 atom stereocenters. The summed E-state index contributed by atoms with van der Waals surface area (Å²) in [6, 6.07) is 6.48. The van der Waals surface area contributed by atoms with Gasteiger partial charge in [0.25, 0.3) is 11.6 Å². The summed E-state index contributed by atoms with van der Waals surface area (Å²) in [5.41, 5.74) is 0.788. The summed E-state index contributed by atoms with van der Waals surface area (Å²) in [6.45, 7) is 7.40. The van der Waals surface area contributed by atoms with E-state index in [4.69, 9.17) is 4.52 Å². The number of piperidine rings is 1. The lowest BCUT2D eigenvalue weighted by atomic mass is 9.89. The van der Waals surface area contributed by atoms with Crippen LogP contribution < -0.4 is 0 Å². The Balaban J connectivity index is 1.75. The van der Waals surface area contributed by atoms with Gasteiger partial charge in [-0.25, -0.2) is 4.98 Å². The van der Waals surface area contributed by atoms with E-state index in [-0.39, 0.29) is 22.9 Å². The first kappa shape index (κ1) is 22.3. The molecule has 2 aromatic heterocycles. The highest BCUT2D eigenvalue weighted by molar-refractivity contribution is 6.07. The summed E-state index contributed by atoms with van der Waals surface area (Å²) in [7, 11) is 0. The van der Waals surface area contributed by atoms with Crippen molar-refractivity contribution < 1.29 is 22.5 Å². The summed E-state index contributed by atoms with van der Waals surface area (Å²) >= 11 is 0. The topological polar surface area (TPSA) is 59.2 Å². The lowest BCUT2D eigenvalue weighted by molar-refractivity contribution is -0.137. The molecule has 1 aliphatic heterocycles. The van der Waals surface area contributed by atoms with E-state index in [9.17, 15) is 18.0 Å². The molecule has 0 saturated carbocycles. The number of fused-ring (bicyclic) bond motifs is 1. The van der Waals surface area contributed by atoms with Gasteiger partial charge in [-0.3, -0.25) is 4.79 Å². The number of nitrogens with zero attached hydrogens (tertiary/aromatic N) is 3. The summed E-state index contributed by atoms with van der Waals surface area (Å²) in [4.78, 5) is 19.8. The molecule has 5 nitrogen and oxygen atoms in total. The van der Waals surface area contributed by atoms with Gasteiger partial charge in [-0.2, -0.15) is 13.2 Å². The van der Waals surface area contributed by atoms with Gasteiger partial charge in [-0.1, -0.05) is 31.1 Å². The molecule has 1 unspecified atom stereocenters. The molecule has 0 spiro atoms. The number of carbonyl (C=O) groups is 1. The Morgan fingerprint density at radius 3 is 2.78 bits per heavy atom.